The zero-order valence-corrected chi connectivity index (χ0v) is 15.9. The second kappa shape index (κ2) is 12.3. The predicted octanol–water partition coefficient (Wildman–Crippen LogP) is 4.90. The van der Waals surface area contributed by atoms with Gasteiger partial charge in [-0.2, -0.15) is 0 Å². The molecule has 1 fully saturated rings. The molecule has 0 N–H and O–H groups in total. The van der Waals surface area contributed by atoms with Crippen molar-refractivity contribution < 1.29 is 19.1 Å². The van der Waals surface area contributed by atoms with E-state index in [2.05, 4.69) is 20.8 Å². The summed E-state index contributed by atoms with van der Waals surface area (Å²) in [6.07, 6.45) is 9.78. The van der Waals surface area contributed by atoms with Crippen LogP contribution in [-0.2, 0) is 19.1 Å². The van der Waals surface area contributed by atoms with E-state index in [0.29, 0.717) is 13.2 Å². The maximum Gasteiger partial charge on any atom is 0.309 e. The van der Waals surface area contributed by atoms with Crippen molar-refractivity contribution in [2.75, 3.05) is 13.2 Å². The van der Waals surface area contributed by atoms with Gasteiger partial charge in [0.05, 0.1) is 25.0 Å². The van der Waals surface area contributed by atoms with Crippen LogP contribution in [0.5, 0.6) is 0 Å². The van der Waals surface area contributed by atoms with Gasteiger partial charge in [0.25, 0.3) is 0 Å². The molecule has 1 aliphatic rings. The van der Waals surface area contributed by atoms with Gasteiger partial charge in [-0.1, -0.05) is 59.3 Å². The zero-order valence-electron chi connectivity index (χ0n) is 15.9. The van der Waals surface area contributed by atoms with E-state index in [4.69, 9.17) is 9.47 Å². The summed E-state index contributed by atoms with van der Waals surface area (Å²) in [4.78, 5) is 24.6. The van der Waals surface area contributed by atoms with Gasteiger partial charge in [0.2, 0.25) is 0 Å². The molecule has 0 heterocycles. The molecule has 24 heavy (non-hydrogen) atoms. The van der Waals surface area contributed by atoms with E-state index in [0.717, 1.165) is 57.3 Å². The van der Waals surface area contributed by atoms with E-state index < -0.39 is 0 Å². The maximum absolute atomic E-state index is 12.4. The van der Waals surface area contributed by atoms with Gasteiger partial charge < -0.3 is 9.47 Å². The Morgan fingerprint density at radius 3 is 1.92 bits per heavy atom. The molecule has 1 rings (SSSR count). The van der Waals surface area contributed by atoms with Crippen molar-refractivity contribution in [2.24, 2.45) is 17.8 Å². The van der Waals surface area contributed by atoms with E-state index in [1.165, 1.54) is 12.8 Å². The second-order valence-corrected chi connectivity index (χ2v) is 7.43. The standard InChI is InChI=1S/C20H36O4/c1-4-5-14-23-19(21)17-12-8-9-13-18(17)20(22)24-15-10-6-7-11-16(2)3/h16-18H,4-15H2,1-3H3. The highest BCUT2D eigenvalue weighted by Crippen LogP contribution is 2.32. The third-order valence-electron chi connectivity index (χ3n) is 4.78. The summed E-state index contributed by atoms with van der Waals surface area (Å²) in [6.45, 7) is 7.45. The molecule has 4 nitrogen and oxygen atoms in total. The first-order valence-corrected chi connectivity index (χ1v) is 9.89. The Labute approximate surface area is 147 Å². The minimum atomic E-state index is -0.302. The summed E-state index contributed by atoms with van der Waals surface area (Å²) >= 11 is 0. The van der Waals surface area contributed by atoms with E-state index in [1.54, 1.807) is 0 Å². The normalized spacial score (nSPS) is 20.8. The van der Waals surface area contributed by atoms with Crippen LogP contribution in [-0.4, -0.2) is 25.2 Å². The number of carbonyl (C=O) groups excluding carboxylic acids is 2. The van der Waals surface area contributed by atoms with Crippen LogP contribution in [0.4, 0.5) is 0 Å². The van der Waals surface area contributed by atoms with Crippen LogP contribution >= 0.6 is 0 Å². The summed E-state index contributed by atoms with van der Waals surface area (Å²) < 4.78 is 10.8. The molecule has 2 atom stereocenters. The highest BCUT2D eigenvalue weighted by Gasteiger charge is 2.37. The van der Waals surface area contributed by atoms with Crippen molar-refractivity contribution in [3.05, 3.63) is 0 Å². The van der Waals surface area contributed by atoms with Crippen LogP contribution in [0, 0.1) is 17.8 Å². The topological polar surface area (TPSA) is 52.6 Å². The molecule has 0 saturated heterocycles. The Balaban J connectivity index is 2.32. The van der Waals surface area contributed by atoms with E-state index in [-0.39, 0.29) is 23.8 Å². The van der Waals surface area contributed by atoms with Crippen molar-refractivity contribution in [3.63, 3.8) is 0 Å². The first-order chi connectivity index (χ1) is 11.6. The van der Waals surface area contributed by atoms with Crippen molar-refractivity contribution >= 4 is 11.9 Å². The van der Waals surface area contributed by atoms with Gasteiger partial charge in [-0.25, -0.2) is 0 Å². The number of hydrogen-bond acceptors (Lipinski definition) is 4. The van der Waals surface area contributed by atoms with Crippen molar-refractivity contribution in [1.29, 1.82) is 0 Å². The lowest BCUT2D eigenvalue weighted by molar-refractivity contribution is -0.163. The molecule has 4 heteroatoms. The molecular weight excluding hydrogens is 304 g/mol. The molecule has 0 radical (unpaired) electrons. The fraction of sp³-hybridized carbons (Fsp3) is 0.900. The van der Waals surface area contributed by atoms with Crippen molar-refractivity contribution in [2.45, 2.75) is 85.0 Å². The lowest BCUT2D eigenvalue weighted by Gasteiger charge is -2.28. The van der Waals surface area contributed by atoms with Gasteiger partial charge in [-0.3, -0.25) is 9.59 Å². The molecule has 1 aliphatic carbocycles. The summed E-state index contributed by atoms with van der Waals surface area (Å²) in [5, 5.41) is 0. The highest BCUT2D eigenvalue weighted by atomic mass is 16.5. The van der Waals surface area contributed by atoms with Crippen LogP contribution in [0.25, 0.3) is 0 Å². The summed E-state index contributed by atoms with van der Waals surface area (Å²) in [7, 11) is 0. The van der Waals surface area contributed by atoms with E-state index in [9.17, 15) is 9.59 Å². The quantitative estimate of drug-likeness (QED) is 0.397. The molecule has 0 amide bonds. The Morgan fingerprint density at radius 1 is 0.875 bits per heavy atom. The number of carbonyl (C=O) groups is 2. The minimum Gasteiger partial charge on any atom is -0.465 e. The van der Waals surface area contributed by atoms with Crippen LogP contribution in [0.3, 0.4) is 0 Å². The molecule has 1 saturated carbocycles. The third-order valence-corrected chi connectivity index (χ3v) is 4.78. The van der Waals surface area contributed by atoms with Crippen LogP contribution < -0.4 is 0 Å². The molecule has 0 spiro atoms. The third kappa shape index (κ3) is 8.16. The average molecular weight is 341 g/mol. The zero-order chi connectivity index (χ0) is 17.8. The van der Waals surface area contributed by atoms with Crippen LogP contribution in [0.15, 0.2) is 0 Å². The maximum atomic E-state index is 12.4. The largest absolute Gasteiger partial charge is 0.465 e. The highest BCUT2D eigenvalue weighted by molar-refractivity contribution is 5.82. The van der Waals surface area contributed by atoms with Gasteiger partial charge in [0.15, 0.2) is 0 Å². The fourth-order valence-electron chi connectivity index (χ4n) is 3.23. The van der Waals surface area contributed by atoms with Crippen molar-refractivity contribution in [1.82, 2.24) is 0 Å². The molecule has 0 aromatic rings. The molecule has 0 aromatic carbocycles. The molecule has 140 valence electrons. The minimum absolute atomic E-state index is 0.198. The van der Waals surface area contributed by atoms with Gasteiger partial charge in [0, 0.05) is 0 Å². The monoisotopic (exact) mass is 340 g/mol. The first kappa shape index (κ1) is 21.0. The lowest BCUT2D eigenvalue weighted by atomic mass is 9.79. The molecule has 2 unspecified atom stereocenters. The Hall–Kier alpha value is -1.06. The van der Waals surface area contributed by atoms with Crippen molar-refractivity contribution in [3.8, 4) is 0 Å². The first-order valence-electron chi connectivity index (χ1n) is 9.89. The number of rotatable bonds is 11. The molecule has 0 aromatic heterocycles. The lowest BCUT2D eigenvalue weighted by Crippen LogP contribution is -2.35. The van der Waals surface area contributed by atoms with Crippen LogP contribution in [0.2, 0.25) is 0 Å². The fourth-order valence-corrected chi connectivity index (χ4v) is 3.23. The molecule has 0 bridgehead atoms. The molecule has 0 aliphatic heterocycles. The van der Waals surface area contributed by atoms with Gasteiger partial charge in [0.1, 0.15) is 0 Å². The SMILES string of the molecule is CCCCOC(=O)C1CCCCC1C(=O)OCCCCCC(C)C. The Kier molecular flexibility index (Phi) is 10.8. The Morgan fingerprint density at radius 2 is 1.42 bits per heavy atom. The number of hydrogen-bond donors (Lipinski definition) is 0. The Bertz CT molecular complexity index is 365. The number of ether oxygens (including phenoxy) is 2. The average Bonchev–Trinajstić information content (AvgIpc) is 2.57. The van der Waals surface area contributed by atoms with Gasteiger partial charge >= 0.3 is 11.9 Å². The second-order valence-electron chi connectivity index (χ2n) is 7.43. The smallest absolute Gasteiger partial charge is 0.309 e. The molecular formula is C20H36O4. The summed E-state index contributed by atoms with van der Waals surface area (Å²) in [5.41, 5.74) is 0. The van der Waals surface area contributed by atoms with Crippen LogP contribution in [0.1, 0.15) is 85.0 Å². The van der Waals surface area contributed by atoms with E-state index >= 15 is 0 Å². The van der Waals surface area contributed by atoms with E-state index in [1.807, 2.05) is 0 Å². The number of esters is 2. The summed E-state index contributed by atoms with van der Waals surface area (Å²) in [5.74, 6) is -0.278. The summed E-state index contributed by atoms with van der Waals surface area (Å²) in [6, 6.07) is 0. The predicted molar refractivity (Wildman–Crippen MR) is 95.6 cm³/mol. The number of unbranched alkanes of at least 4 members (excludes halogenated alkanes) is 3. The van der Waals surface area contributed by atoms with Gasteiger partial charge in [-0.05, 0) is 31.6 Å². The van der Waals surface area contributed by atoms with Gasteiger partial charge in [-0.15, -0.1) is 0 Å².